The molecule has 1 N–H and O–H groups in total. The Morgan fingerprint density at radius 1 is 1.17 bits per heavy atom. The zero-order valence-corrected chi connectivity index (χ0v) is 11.1. The van der Waals surface area contributed by atoms with Gasteiger partial charge in [0.15, 0.2) is 0 Å². The van der Waals surface area contributed by atoms with E-state index < -0.39 is 26.6 Å². The summed E-state index contributed by atoms with van der Waals surface area (Å²) in [4.78, 5) is -0.514. The summed E-state index contributed by atoms with van der Waals surface area (Å²) < 4.78 is 51.7. The standard InChI is InChI=1S/C12H17F2NO2S/c1-2-3-4-5-8-15-18(16,17)12-7-6-10(13)9-11(12)14/h6-7,9,15H,2-5,8H2,1H3. The van der Waals surface area contributed by atoms with Crippen molar-refractivity contribution >= 4 is 10.0 Å². The van der Waals surface area contributed by atoms with E-state index in [1.165, 1.54) is 0 Å². The van der Waals surface area contributed by atoms with Crippen LogP contribution >= 0.6 is 0 Å². The molecule has 0 aliphatic rings. The molecule has 0 atom stereocenters. The fourth-order valence-electron chi connectivity index (χ4n) is 1.53. The van der Waals surface area contributed by atoms with Crippen LogP contribution in [-0.2, 0) is 10.0 Å². The largest absolute Gasteiger partial charge is 0.243 e. The first-order chi connectivity index (χ1) is 8.47. The van der Waals surface area contributed by atoms with Gasteiger partial charge in [0.05, 0.1) is 0 Å². The highest BCUT2D eigenvalue weighted by molar-refractivity contribution is 7.89. The van der Waals surface area contributed by atoms with E-state index in [1.54, 1.807) is 0 Å². The quantitative estimate of drug-likeness (QED) is 0.779. The van der Waals surface area contributed by atoms with Gasteiger partial charge in [-0.15, -0.1) is 0 Å². The van der Waals surface area contributed by atoms with Crippen LogP contribution in [0.5, 0.6) is 0 Å². The van der Waals surface area contributed by atoms with Crippen LogP contribution in [0.1, 0.15) is 32.6 Å². The molecule has 0 heterocycles. The summed E-state index contributed by atoms with van der Waals surface area (Å²) in [6, 6.07) is 2.42. The van der Waals surface area contributed by atoms with Gasteiger partial charge in [-0.25, -0.2) is 21.9 Å². The van der Waals surface area contributed by atoms with E-state index in [4.69, 9.17) is 0 Å². The lowest BCUT2D eigenvalue weighted by atomic mass is 10.2. The van der Waals surface area contributed by atoms with Crippen molar-refractivity contribution in [1.82, 2.24) is 4.72 Å². The molecular weight excluding hydrogens is 260 g/mol. The molecule has 1 rings (SSSR count). The number of rotatable bonds is 7. The third kappa shape index (κ3) is 4.34. The Kier molecular flexibility index (Phi) is 5.68. The van der Waals surface area contributed by atoms with Crippen LogP contribution in [0, 0.1) is 11.6 Å². The topological polar surface area (TPSA) is 46.2 Å². The third-order valence-corrected chi connectivity index (χ3v) is 4.00. The Hall–Kier alpha value is -1.01. The number of halogens is 2. The normalized spacial score (nSPS) is 11.7. The Morgan fingerprint density at radius 3 is 2.50 bits per heavy atom. The molecule has 0 spiro atoms. The molecule has 102 valence electrons. The predicted molar refractivity (Wildman–Crippen MR) is 65.7 cm³/mol. The summed E-state index contributed by atoms with van der Waals surface area (Å²) >= 11 is 0. The zero-order valence-electron chi connectivity index (χ0n) is 10.2. The van der Waals surface area contributed by atoms with E-state index in [-0.39, 0.29) is 6.54 Å². The predicted octanol–water partition coefficient (Wildman–Crippen LogP) is 2.82. The molecule has 0 aliphatic heterocycles. The van der Waals surface area contributed by atoms with Crippen molar-refractivity contribution in [1.29, 1.82) is 0 Å². The fraction of sp³-hybridized carbons (Fsp3) is 0.500. The van der Waals surface area contributed by atoms with Crippen LogP contribution in [0.15, 0.2) is 23.1 Å². The summed E-state index contributed by atoms with van der Waals surface area (Å²) in [6.07, 6.45) is 3.72. The average Bonchev–Trinajstić information content (AvgIpc) is 2.28. The molecular formula is C12H17F2NO2S. The summed E-state index contributed by atoms with van der Waals surface area (Å²) in [5.41, 5.74) is 0. The first-order valence-corrected chi connectivity index (χ1v) is 7.40. The van der Waals surface area contributed by atoms with E-state index in [1.807, 2.05) is 0 Å². The Morgan fingerprint density at radius 2 is 1.89 bits per heavy atom. The maximum absolute atomic E-state index is 13.3. The lowest BCUT2D eigenvalue weighted by Gasteiger charge is -2.07. The lowest BCUT2D eigenvalue weighted by molar-refractivity contribution is 0.540. The Bertz CT molecular complexity index is 489. The van der Waals surface area contributed by atoms with Crippen molar-refractivity contribution in [3.05, 3.63) is 29.8 Å². The number of hydrogen-bond donors (Lipinski definition) is 1. The van der Waals surface area contributed by atoms with Gasteiger partial charge in [-0.1, -0.05) is 26.2 Å². The van der Waals surface area contributed by atoms with Crippen molar-refractivity contribution in [2.75, 3.05) is 6.54 Å². The first-order valence-electron chi connectivity index (χ1n) is 5.92. The van der Waals surface area contributed by atoms with E-state index in [0.717, 1.165) is 31.4 Å². The number of benzene rings is 1. The highest BCUT2D eigenvalue weighted by Gasteiger charge is 2.18. The van der Waals surface area contributed by atoms with Gasteiger partial charge in [0.1, 0.15) is 16.5 Å². The second kappa shape index (κ2) is 6.80. The second-order valence-corrected chi connectivity index (χ2v) is 5.77. The summed E-state index contributed by atoms with van der Waals surface area (Å²) in [6.45, 7) is 2.32. The van der Waals surface area contributed by atoms with Crippen LogP contribution in [0.4, 0.5) is 8.78 Å². The highest BCUT2D eigenvalue weighted by atomic mass is 32.2. The van der Waals surface area contributed by atoms with Crippen LogP contribution in [0.3, 0.4) is 0 Å². The van der Waals surface area contributed by atoms with Gasteiger partial charge in [0.25, 0.3) is 0 Å². The third-order valence-electron chi connectivity index (χ3n) is 2.51. The molecule has 0 saturated carbocycles. The molecule has 0 bridgehead atoms. The molecule has 1 aromatic carbocycles. The minimum absolute atomic E-state index is 0.263. The molecule has 3 nitrogen and oxygen atoms in total. The molecule has 0 unspecified atom stereocenters. The van der Waals surface area contributed by atoms with Crippen LogP contribution in [-0.4, -0.2) is 15.0 Å². The van der Waals surface area contributed by atoms with Gasteiger partial charge in [0.2, 0.25) is 10.0 Å². The minimum atomic E-state index is -3.89. The van der Waals surface area contributed by atoms with Crippen molar-refractivity contribution in [3.8, 4) is 0 Å². The average molecular weight is 277 g/mol. The van der Waals surface area contributed by atoms with E-state index in [0.29, 0.717) is 12.5 Å². The van der Waals surface area contributed by atoms with Crippen molar-refractivity contribution in [2.24, 2.45) is 0 Å². The molecule has 0 radical (unpaired) electrons. The molecule has 18 heavy (non-hydrogen) atoms. The van der Waals surface area contributed by atoms with Gasteiger partial charge in [-0.3, -0.25) is 0 Å². The molecule has 0 aromatic heterocycles. The van der Waals surface area contributed by atoms with Gasteiger partial charge < -0.3 is 0 Å². The first kappa shape index (κ1) is 15.0. The summed E-state index contributed by atoms with van der Waals surface area (Å²) in [5.74, 6) is -1.87. The van der Waals surface area contributed by atoms with Crippen LogP contribution in [0.25, 0.3) is 0 Å². The number of hydrogen-bond acceptors (Lipinski definition) is 2. The van der Waals surface area contributed by atoms with Gasteiger partial charge in [-0.2, -0.15) is 0 Å². The van der Waals surface area contributed by atoms with Crippen LogP contribution in [0.2, 0.25) is 0 Å². The molecule has 0 fully saturated rings. The second-order valence-electron chi connectivity index (χ2n) is 4.03. The van der Waals surface area contributed by atoms with E-state index >= 15 is 0 Å². The Balaban J connectivity index is 2.63. The van der Waals surface area contributed by atoms with Crippen LogP contribution < -0.4 is 4.72 Å². The van der Waals surface area contributed by atoms with Crippen molar-refractivity contribution in [2.45, 2.75) is 37.5 Å². The van der Waals surface area contributed by atoms with Gasteiger partial charge >= 0.3 is 0 Å². The Labute approximate surface area is 106 Å². The molecule has 6 heteroatoms. The zero-order chi connectivity index (χ0) is 13.6. The lowest BCUT2D eigenvalue weighted by Crippen LogP contribution is -2.25. The molecule has 0 amide bonds. The van der Waals surface area contributed by atoms with Gasteiger partial charge in [-0.05, 0) is 18.6 Å². The van der Waals surface area contributed by atoms with Gasteiger partial charge in [0, 0.05) is 12.6 Å². The summed E-state index contributed by atoms with van der Waals surface area (Å²) in [5, 5.41) is 0. The number of nitrogens with one attached hydrogen (secondary N) is 1. The minimum Gasteiger partial charge on any atom is -0.211 e. The maximum atomic E-state index is 13.3. The highest BCUT2D eigenvalue weighted by Crippen LogP contribution is 2.15. The van der Waals surface area contributed by atoms with Crippen molar-refractivity contribution in [3.63, 3.8) is 0 Å². The number of sulfonamides is 1. The molecule has 1 aromatic rings. The molecule has 0 aliphatic carbocycles. The van der Waals surface area contributed by atoms with E-state index in [2.05, 4.69) is 11.6 Å². The number of unbranched alkanes of at least 4 members (excludes halogenated alkanes) is 3. The SMILES string of the molecule is CCCCCCNS(=O)(=O)c1ccc(F)cc1F. The summed E-state index contributed by atoms with van der Waals surface area (Å²) in [7, 11) is -3.89. The smallest absolute Gasteiger partial charge is 0.211 e. The monoisotopic (exact) mass is 277 g/mol. The van der Waals surface area contributed by atoms with Crippen molar-refractivity contribution < 1.29 is 17.2 Å². The fourth-order valence-corrected chi connectivity index (χ4v) is 2.66. The van der Waals surface area contributed by atoms with E-state index in [9.17, 15) is 17.2 Å². The molecule has 0 saturated heterocycles. The maximum Gasteiger partial charge on any atom is 0.243 e.